The van der Waals surface area contributed by atoms with Crippen LogP contribution in [0.15, 0.2) is 12.4 Å². The second kappa shape index (κ2) is 5.65. The number of ether oxygens (including phenoxy) is 1. The van der Waals surface area contributed by atoms with Crippen molar-refractivity contribution in [3.63, 3.8) is 0 Å². The Labute approximate surface area is 104 Å². The second-order valence-electron chi connectivity index (χ2n) is 5.58. The molecule has 0 radical (unpaired) electrons. The molecule has 0 saturated heterocycles. The molecule has 0 saturated carbocycles. The average Bonchev–Trinajstić information content (AvgIpc) is 2.60. The number of hydrogen-bond donors (Lipinski definition) is 1. The highest BCUT2D eigenvalue weighted by Gasteiger charge is 2.31. The van der Waals surface area contributed by atoms with Crippen molar-refractivity contribution in [2.24, 2.45) is 12.5 Å². The van der Waals surface area contributed by atoms with Gasteiger partial charge in [0.05, 0.1) is 12.2 Å². The van der Waals surface area contributed by atoms with Gasteiger partial charge in [0.2, 0.25) is 0 Å². The monoisotopic (exact) mass is 240 g/mol. The van der Waals surface area contributed by atoms with Gasteiger partial charge >= 0.3 is 0 Å². The van der Waals surface area contributed by atoms with E-state index < -0.39 is 6.10 Å². The number of rotatable bonds is 5. The maximum absolute atomic E-state index is 10.2. The number of hydrogen-bond acceptors (Lipinski definition) is 3. The first-order chi connectivity index (χ1) is 7.86. The summed E-state index contributed by atoms with van der Waals surface area (Å²) in [6, 6.07) is 0. The highest BCUT2D eigenvalue weighted by molar-refractivity contribution is 4.92. The molecule has 1 N–H and O–H groups in total. The van der Waals surface area contributed by atoms with Gasteiger partial charge in [-0.2, -0.15) is 0 Å². The van der Waals surface area contributed by atoms with E-state index in [2.05, 4.69) is 25.8 Å². The molecule has 1 aromatic rings. The average molecular weight is 240 g/mol. The molecule has 0 aliphatic rings. The van der Waals surface area contributed by atoms with E-state index in [4.69, 9.17) is 4.74 Å². The molecule has 1 heterocycles. The third-order valence-electron chi connectivity index (χ3n) is 3.04. The van der Waals surface area contributed by atoms with Crippen LogP contribution in [-0.2, 0) is 18.2 Å². The summed E-state index contributed by atoms with van der Waals surface area (Å²) in [5.41, 5.74) is -0.0597. The molecule has 4 nitrogen and oxygen atoms in total. The van der Waals surface area contributed by atoms with Crippen LogP contribution in [0.1, 0.15) is 33.0 Å². The fourth-order valence-corrected chi connectivity index (χ4v) is 2.15. The van der Waals surface area contributed by atoms with Gasteiger partial charge in [-0.25, -0.2) is 4.98 Å². The summed E-state index contributed by atoms with van der Waals surface area (Å²) >= 11 is 0. The zero-order valence-electron chi connectivity index (χ0n) is 11.5. The summed E-state index contributed by atoms with van der Waals surface area (Å²) in [6.07, 6.45) is 4.51. The maximum Gasteiger partial charge on any atom is 0.108 e. The van der Waals surface area contributed by atoms with E-state index in [1.54, 1.807) is 13.3 Å². The number of aryl methyl sites for hydroxylation is 2. The zero-order chi connectivity index (χ0) is 13.1. The number of imidazole rings is 1. The molecule has 2 unspecified atom stereocenters. The molecular weight excluding hydrogens is 216 g/mol. The number of aliphatic hydroxyl groups excluding tert-OH is 1. The molecule has 0 fully saturated rings. The quantitative estimate of drug-likeness (QED) is 0.853. The first kappa shape index (κ1) is 14.2. The van der Waals surface area contributed by atoms with Crippen LogP contribution in [0.4, 0.5) is 0 Å². The third-order valence-corrected chi connectivity index (χ3v) is 3.04. The van der Waals surface area contributed by atoms with Crippen molar-refractivity contribution < 1.29 is 9.84 Å². The van der Waals surface area contributed by atoms with E-state index in [9.17, 15) is 5.11 Å². The van der Waals surface area contributed by atoms with Crippen LogP contribution >= 0.6 is 0 Å². The first-order valence-corrected chi connectivity index (χ1v) is 6.03. The summed E-state index contributed by atoms with van der Waals surface area (Å²) in [5.74, 6) is 0.993. The Morgan fingerprint density at radius 1 is 1.47 bits per heavy atom. The van der Waals surface area contributed by atoms with E-state index in [0.717, 1.165) is 12.2 Å². The molecule has 2 atom stereocenters. The largest absolute Gasteiger partial charge is 0.390 e. The lowest BCUT2D eigenvalue weighted by Gasteiger charge is -2.33. The predicted molar refractivity (Wildman–Crippen MR) is 67.8 cm³/mol. The molecule has 0 bridgehead atoms. The van der Waals surface area contributed by atoms with Crippen LogP contribution in [0.3, 0.4) is 0 Å². The Hall–Kier alpha value is -0.870. The van der Waals surface area contributed by atoms with E-state index in [-0.39, 0.29) is 11.5 Å². The Morgan fingerprint density at radius 3 is 2.53 bits per heavy atom. The molecule has 17 heavy (non-hydrogen) atoms. The van der Waals surface area contributed by atoms with Crippen LogP contribution in [0.25, 0.3) is 0 Å². The minimum Gasteiger partial charge on any atom is -0.390 e. The number of methoxy groups -OCH3 is 1. The van der Waals surface area contributed by atoms with Crippen molar-refractivity contribution in [1.29, 1.82) is 0 Å². The van der Waals surface area contributed by atoms with Crippen molar-refractivity contribution in [2.75, 3.05) is 7.11 Å². The zero-order valence-corrected chi connectivity index (χ0v) is 11.5. The van der Waals surface area contributed by atoms with E-state index in [1.807, 2.05) is 17.8 Å². The molecule has 0 aliphatic heterocycles. The lowest BCUT2D eigenvalue weighted by Crippen LogP contribution is -2.39. The third kappa shape index (κ3) is 3.82. The van der Waals surface area contributed by atoms with Crippen molar-refractivity contribution in [3.05, 3.63) is 18.2 Å². The van der Waals surface area contributed by atoms with Crippen LogP contribution in [0.2, 0.25) is 0 Å². The summed E-state index contributed by atoms with van der Waals surface area (Å²) in [7, 11) is 3.62. The molecule has 4 heteroatoms. The highest BCUT2D eigenvalue weighted by atomic mass is 16.5. The van der Waals surface area contributed by atoms with Gasteiger partial charge in [-0.05, 0) is 11.8 Å². The Morgan fingerprint density at radius 2 is 2.12 bits per heavy atom. The van der Waals surface area contributed by atoms with Gasteiger partial charge < -0.3 is 14.4 Å². The summed E-state index contributed by atoms with van der Waals surface area (Å²) in [5, 5.41) is 10.2. The molecule has 98 valence electrons. The maximum atomic E-state index is 10.2. The van der Waals surface area contributed by atoms with Gasteiger partial charge in [0.15, 0.2) is 0 Å². The lowest BCUT2D eigenvalue weighted by molar-refractivity contribution is -0.0731. The Bertz CT molecular complexity index is 341. The van der Waals surface area contributed by atoms with Crippen molar-refractivity contribution >= 4 is 0 Å². The minimum atomic E-state index is -0.461. The highest BCUT2D eigenvalue weighted by Crippen LogP contribution is 2.26. The van der Waals surface area contributed by atoms with E-state index in [1.165, 1.54) is 0 Å². The standard InChI is InChI=1S/C13H24N2O2/c1-13(2,3)12(17-5)10(16)6-7-11-14-8-9-15(11)4/h8-10,12,16H,6-7H2,1-5H3. The molecule has 0 amide bonds. The molecular formula is C13H24N2O2. The van der Waals surface area contributed by atoms with Gasteiger partial charge in [-0.3, -0.25) is 0 Å². The van der Waals surface area contributed by atoms with Gasteiger partial charge in [0.25, 0.3) is 0 Å². The summed E-state index contributed by atoms with van der Waals surface area (Å²) in [4.78, 5) is 4.25. The van der Waals surface area contributed by atoms with Gasteiger partial charge in [0, 0.05) is 33.0 Å². The minimum absolute atomic E-state index is 0.0597. The first-order valence-electron chi connectivity index (χ1n) is 6.03. The van der Waals surface area contributed by atoms with Crippen LogP contribution in [-0.4, -0.2) is 34.0 Å². The Kier molecular flexibility index (Phi) is 4.71. The predicted octanol–water partition coefficient (Wildman–Crippen LogP) is 1.77. The number of nitrogens with zero attached hydrogens (tertiary/aromatic N) is 2. The van der Waals surface area contributed by atoms with Crippen molar-refractivity contribution in [1.82, 2.24) is 9.55 Å². The number of aliphatic hydroxyl groups is 1. The molecule has 0 spiro atoms. The van der Waals surface area contributed by atoms with E-state index >= 15 is 0 Å². The summed E-state index contributed by atoms with van der Waals surface area (Å²) < 4.78 is 7.38. The fourth-order valence-electron chi connectivity index (χ4n) is 2.15. The lowest BCUT2D eigenvalue weighted by atomic mass is 9.84. The molecule has 0 aliphatic carbocycles. The van der Waals surface area contributed by atoms with Crippen molar-refractivity contribution in [3.8, 4) is 0 Å². The molecule has 1 aromatic heterocycles. The Balaban J connectivity index is 2.54. The fraction of sp³-hybridized carbons (Fsp3) is 0.769. The SMILES string of the molecule is COC(C(O)CCc1nccn1C)C(C)(C)C. The topological polar surface area (TPSA) is 47.3 Å². The molecule has 1 rings (SSSR count). The normalized spacial score (nSPS) is 15.9. The number of aromatic nitrogens is 2. The van der Waals surface area contributed by atoms with Crippen LogP contribution in [0, 0.1) is 5.41 Å². The van der Waals surface area contributed by atoms with Gasteiger partial charge in [-0.15, -0.1) is 0 Å². The van der Waals surface area contributed by atoms with E-state index in [0.29, 0.717) is 6.42 Å². The smallest absolute Gasteiger partial charge is 0.108 e. The summed E-state index contributed by atoms with van der Waals surface area (Å²) in [6.45, 7) is 6.22. The van der Waals surface area contributed by atoms with Crippen LogP contribution < -0.4 is 0 Å². The van der Waals surface area contributed by atoms with Gasteiger partial charge in [-0.1, -0.05) is 20.8 Å². The van der Waals surface area contributed by atoms with Crippen LogP contribution in [0.5, 0.6) is 0 Å². The second-order valence-corrected chi connectivity index (χ2v) is 5.58. The van der Waals surface area contributed by atoms with Gasteiger partial charge in [0.1, 0.15) is 5.82 Å². The molecule has 0 aromatic carbocycles. The van der Waals surface area contributed by atoms with Crippen molar-refractivity contribution in [2.45, 2.75) is 45.8 Å².